The van der Waals surface area contributed by atoms with Gasteiger partial charge in [0, 0.05) is 12.1 Å². The molecule has 2 aromatic carbocycles. The average Bonchev–Trinajstić information content (AvgIpc) is 2.87. The molecule has 0 amide bonds. The van der Waals surface area contributed by atoms with Gasteiger partial charge in [-0.3, -0.25) is 0 Å². The van der Waals surface area contributed by atoms with Crippen molar-refractivity contribution in [2.75, 3.05) is 11.9 Å². The van der Waals surface area contributed by atoms with Crippen LogP contribution in [0, 0.1) is 18.3 Å². The highest BCUT2D eigenvalue weighted by atomic mass is 16.5. The Bertz CT molecular complexity index is 673. The Morgan fingerprint density at radius 3 is 3.05 bits per heavy atom. The molecule has 3 nitrogen and oxygen atoms in total. The van der Waals surface area contributed by atoms with E-state index in [4.69, 9.17) is 10.00 Å². The predicted molar refractivity (Wildman–Crippen MR) is 78.9 cm³/mol. The smallest absolute Gasteiger partial charge is 0.123 e. The van der Waals surface area contributed by atoms with Gasteiger partial charge in [0.2, 0.25) is 0 Å². The molecule has 1 aliphatic heterocycles. The second-order valence-corrected chi connectivity index (χ2v) is 5.13. The van der Waals surface area contributed by atoms with Crippen LogP contribution in [0.5, 0.6) is 5.75 Å². The molecular weight excluding hydrogens is 248 g/mol. The van der Waals surface area contributed by atoms with Gasteiger partial charge in [-0.1, -0.05) is 23.8 Å². The third kappa shape index (κ3) is 2.60. The summed E-state index contributed by atoms with van der Waals surface area (Å²) in [6, 6.07) is 16.0. The van der Waals surface area contributed by atoms with Crippen molar-refractivity contribution in [3.63, 3.8) is 0 Å². The highest BCUT2D eigenvalue weighted by molar-refractivity contribution is 5.49. The molecule has 0 saturated heterocycles. The predicted octanol–water partition coefficient (Wildman–Crippen LogP) is 3.28. The van der Waals surface area contributed by atoms with Gasteiger partial charge in [-0.25, -0.2) is 0 Å². The van der Waals surface area contributed by atoms with Gasteiger partial charge in [0.15, 0.2) is 0 Å². The standard InChI is InChI=1S/C17H16N2O/c1-12-5-6-17-14(7-12)9-16(20-17)11-19-15-4-2-3-13(8-15)10-18/h2-8,16,19H,9,11H2,1H3. The molecule has 1 heterocycles. The fourth-order valence-corrected chi connectivity index (χ4v) is 2.49. The first-order valence-corrected chi connectivity index (χ1v) is 6.75. The molecule has 1 unspecified atom stereocenters. The van der Waals surface area contributed by atoms with Crippen LogP contribution in [0.2, 0.25) is 0 Å². The van der Waals surface area contributed by atoms with E-state index in [0.29, 0.717) is 5.56 Å². The summed E-state index contributed by atoms with van der Waals surface area (Å²) in [6.45, 7) is 2.84. The lowest BCUT2D eigenvalue weighted by atomic mass is 10.1. The van der Waals surface area contributed by atoms with Crippen LogP contribution in [-0.4, -0.2) is 12.6 Å². The van der Waals surface area contributed by atoms with E-state index in [-0.39, 0.29) is 6.10 Å². The van der Waals surface area contributed by atoms with E-state index in [1.165, 1.54) is 11.1 Å². The van der Waals surface area contributed by atoms with Gasteiger partial charge in [-0.2, -0.15) is 5.26 Å². The molecule has 0 radical (unpaired) electrons. The molecular formula is C17H16N2O. The van der Waals surface area contributed by atoms with Crippen molar-refractivity contribution in [3.8, 4) is 11.8 Å². The first kappa shape index (κ1) is 12.6. The molecule has 2 aromatic rings. The van der Waals surface area contributed by atoms with Gasteiger partial charge >= 0.3 is 0 Å². The Kier molecular flexibility index (Phi) is 3.30. The van der Waals surface area contributed by atoms with Crippen LogP contribution >= 0.6 is 0 Å². The van der Waals surface area contributed by atoms with Crippen LogP contribution in [0.4, 0.5) is 5.69 Å². The molecule has 1 aliphatic rings. The lowest BCUT2D eigenvalue weighted by molar-refractivity contribution is 0.246. The Balaban J connectivity index is 1.62. The van der Waals surface area contributed by atoms with Crippen LogP contribution in [0.1, 0.15) is 16.7 Å². The second-order valence-electron chi connectivity index (χ2n) is 5.13. The molecule has 3 rings (SSSR count). The summed E-state index contributed by atoms with van der Waals surface area (Å²) in [6.07, 6.45) is 1.08. The van der Waals surface area contributed by atoms with Gasteiger partial charge in [0.25, 0.3) is 0 Å². The minimum absolute atomic E-state index is 0.151. The van der Waals surface area contributed by atoms with Crippen LogP contribution in [0.15, 0.2) is 42.5 Å². The summed E-state index contributed by atoms with van der Waals surface area (Å²) in [7, 11) is 0. The SMILES string of the molecule is Cc1ccc2c(c1)CC(CNc1cccc(C#N)c1)O2. The van der Waals surface area contributed by atoms with Gasteiger partial charge < -0.3 is 10.1 Å². The van der Waals surface area contributed by atoms with E-state index in [2.05, 4.69) is 30.4 Å². The van der Waals surface area contributed by atoms with E-state index in [1.54, 1.807) is 6.07 Å². The summed E-state index contributed by atoms with van der Waals surface area (Å²) in [5.41, 5.74) is 4.17. The zero-order valence-corrected chi connectivity index (χ0v) is 11.4. The zero-order chi connectivity index (χ0) is 13.9. The monoisotopic (exact) mass is 264 g/mol. The van der Waals surface area contributed by atoms with E-state index >= 15 is 0 Å². The molecule has 0 aromatic heterocycles. The van der Waals surface area contributed by atoms with Crippen LogP contribution in [-0.2, 0) is 6.42 Å². The minimum atomic E-state index is 0.151. The number of anilines is 1. The van der Waals surface area contributed by atoms with Crippen molar-refractivity contribution in [2.45, 2.75) is 19.4 Å². The Morgan fingerprint density at radius 1 is 1.30 bits per heavy atom. The molecule has 0 bridgehead atoms. The maximum atomic E-state index is 8.88. The number of benzene rings is 2. The van der Waals surface area contributed by atoms with Crippen molar-refractivity contribution in [1.82, 2.24) is 0 Å². The molecule has 0 saturated carbocycles. The van der Waals surface area contributed by atoms with Crippen molar-refractivity contribution in [3.05, 3.63) is 59.2 Å². The minimum Gasteiger partial charge on any atom is -0.488 e. The lowest BCUT2D eigenvalue weighted by Gasteiger charge is -2.13. The number of nitriles is 1. The van der Waals surface area contributed by atoms with Crippen molar-refractivity contribution < 1.29 is 4.74 Å². The number of nitrogens with one attached hydrogen (secondary N) is 1. The normalized spacial score (nSPS) is 16.1. The quantitative estimate of drug-likeness (QED) is 0.925. The number of hydrogen-bond donors (Lipinski definition) is 1. The number of hydrogen-bond acceptors (Lipinski definition) is 3. The Labute approximate surface area is 118 Å². The summed E-state index contributed by atoms with van der Waals surface area (Å²) < 4.78 is 5.91. The zero-order valence-electron chi connectivity index (χ0n) is 11.4. The molecule has 1 atom stereocenters. The number of nitrogens with zero attached hydrogens (tertiary/aromatic N) is 1. The van der Waals surface area contributed by atoms with Crippen molar-refractivity contribution in [2.24, 2.45) is 0 Å². The Morgan fingerprint density at radius 2 is 2.20 bits per heavy atom. The first-order chi connectivity index (χ1) is 9.74. The molecule has 3 heteroatoms. The molecule has 1 N–H and O–H groups in total. The number of rotatable bonds is 3. The van der Waals surface area contributed by atoms with Crippen LogP contribution < -0.4 is 10.1 Å². The molecule has 100 valence electrons. The van der Waals surface area contributed by atoms with Gasteiger partial charge in [0.05, 0.1) is 18.2 Å². The highest BCUT2D eigenvalue weighted by Gasteiger charge is 2.22. The summed E-state index contributed by atoms with van der Waals surface area (Å²) in [5, 5.41) is 12.2. The highest BCUT2D eigenvalue weighted by Crippen LogP contribution is 2.29. The fourth-order valence-electron chi connectivity index (χ4n) is 2.49. The molecule has 0 spiro atoms. The second kappa shape index (κ2) is 5.26. The third-order valence-corrected chi connectivity index (χ3v) is 3.48. The van der Waals surface area contributed by atoms with Crippen LogP contribution in [0.3, 0.4) is 0 Å². The van der Waals surface area contributed by atoms with E-state index in [9.17, 15) is 0 Å². The number of aryl methyl sites for hydroxylation is 1. The van der Waals surface area contributed by atoms with E-state index in [1.807, 2.05) is 24.3 Å². The Hall–Kier alpha value is -2.47. The molecule has 0 fully saturated rings. The molecule has 20 heavy (non-hydrogen) atoms. The van der Waals surface area contributed by atoms with E-state index in [0.717, 1.165) is 24.4 Å². The topological polar surface area (TPSA) is 45.0 Å². The maximum absolute atomic E-state index is 8.88. The summed E-state index contributed by atoms with van der Waals surface area (Å²) in [5.74, 6) is 0.994. The number of ether oxygens (including phenoxy) is 1. The van der Waals surface area contributed by atoms with Gasteiger partial charge in [-0.05, 0) is 36.8 Å². The first-order valence-electron chi connectivity index (χ1n) is 6.75. The fraction of sp³-hybridized carbons (Fsp3) is 0.235. The number of fused-ring (bicyclic) bond motifs is 1. The van der Waals surface area contributed by atoms with Crippen molar-refractivity contribution >= 4 is 5.69 Å². The lowest BCUT2D eigenvalue weighted by Crippen LogP contribution is -2.23. The summed E-state index contributed by atoms with van der Waals surface area (Å²) in [4.78, 5) is 0. The average molecular weight is 264 g/mol. The van der Waals surface area contributed by atoms with Gasteiger partial charge in [-0.15, -0.1) is 0 Å². The molecule has 0 aliphatic carbocycles. The van der Waals surface area contributed by atoms with E-state index < -0.39 is 0 Å². The van der Waals surface area contributed by atoms with Crippen LogP contribution in [0.25, 0.3) is 0 Å². The van der Waals surface area contributed by atoms with Crippen molar-refractivity contribution in [1.29, 1.82) is 5.26 Å². The summed E-state index contributed by atoms with van der Waals surface area (Å²) >= 11 is 0. The maximum Gasteiger partial charge on any atom is 0.123 e. The largest absolute Gasteiger partial charge is 0.488 e. The van der Waals surface area contributed by atoms with Gasteiger partial charge in [0.1, 0.15) is 11.9 Å². The third-order valence-electron chi connectivity index (χ3n) is 3.48.